The Bertz CT molecular complexity index is 798. The van der Waals surface area contributed by atoms with Gasteiger partial charge in [-0.3, -0.25) is 0 Å². The molecule has 0 bridgehead atoms. The summed E-state index contributed by atoms with van der Waals surface area (Å²) in [4.78, 5) is 4.45. The fourth-order valence-electron chi connectivity index (χ4n) is 2.39. The highest BCUT2D eigenvalue weighted by Gasteiger charge is 2.15. The molecule has 0 aliphatic heterocycles. The van der Waals surface area contributed by atoms with E-state index in [1.54, 1.807) is 0 Å². The second-order valence-electron chi connectivity index (χ2n) is 4.97. The molecule has 1 N–H and O–H groups in total. The van der Waals surface area contributed by atoms with E-state index in [4.69, 9.17) is 0 Å². The number of nitrogens with zero attached hydrogens (tertiary/aromatic N) is 2. The molecule has 1 heterocycles. The maximum Gasteiger partial charge on any atom is 0.159 e. The van der Waals surface area contributed by atoms with Crippen molar-refractivity contribution in [3.05, 3.63) is 65.5 Å². The molecule has 0 aliphatic carbocycles. The van der Waals surface area contributed by atoms with Gasteiger partial charge in [-0.05, 0) is 29.8 Å². The highest BCUT2D eigenvalue weighted by molar-refractivity contribution is 5.75. The van der Waals surface area contributed by atoms with Gasteiger partial charge < -0.3 is 9.67 Å². The summed E-state index contributed by atoms with van der Waals surface area (Å²) in [5.41, 5.74) is 2.14. The fourth-order valence-corrected chi connectivity index (χ4v) is 2.39. The van der Waals surface area contributed by atoms with Crippen molar-refractivity contribution < 1.29 is 13.9 Å². The number of fused-ring (bicyclic) bond motifs is 1. The van der Waals surface area contributed by atoms with E-state index < -0.39 is 17.7 Å². The van der Waals surface area contributed by atoms with E-state index in [-0.39, 0.29) is 6.42 Å². The van der Waals surface area contributed by atoms with Crippen LogP contribution < -0.4 is 0 Å². The van der Waals surface area contributed by atoms with Crippen LogP contribution in [0, 0.1) is 11.6 Å². The number of hydrogen-bond acceptors (Lipinski definition) is 2. The first-order valence-corrected chi connectivity index (χ1v) is 6.59. The van der Waals surface area contributed by atoms with Gasteiger partial charge in [0.15, 0.2) is 11.6 Å². The molecule has 0 spiro atoms. The lowest BCUT2D eigenvalue weighted by atomic mass is 10.1. The average Bonchev–Trinajstić information content (AvgIpc) is 2.79. The number of aryl methyl sites for hydroxylation is 1. The Kier molecular flexibility index (Phi) is 3.43. The zero-order valence-electron chi connectivity index (χ0n) is 11.4. The van der Waals surface area contributed by atoms with Crippen molar-refractivity contribution in [2.45, 2.75) is 12.5 Å². The first kappa shape index (κ1) is 13.7. The smallest absolute Gasteiger partial charge is 0.159 e. The van der Waals surface area contributed by atoms with Crippen LogP contribution in [0.25, 0.3) is 11.0 Å². The second-order valence-corrected chi connectivity index (χ2v) is 4.97. The lowest BCUT2D eigenvalue weighted by Gasteiger charge is -2.11. The molecule has 0 aliphatic rings. The van der Waals surface area contributed by atoms with Gasteiger partial charge in [0.05, 0.1) is 17.1 Å². The highest BCUT2D eigenvalue weighted by atomic mass is 19.2. The minimum atomic E-state index is -0.962. The number of rotatable bonds is 3. The van der Waals surface area contributed by atoms with E-state index in [1.807, 2.05) is 35.9 Å². The molecule has 108 valence electrons. The van der Waals surface area contributed by atoms with Crippen molar-refractivity contribution in [3.8, 4) is 0 Å². The molecule has 1 unspecified atom stereocenters. The van der Waals surface area contributed by atoms with Gasteiger partial charge in [-0.25, -0.2) is 13.8 Å². The summed E-state index contributed by atoms with van der Waals surface area (Å²) in [6.45, 7) is 0. The lowest BCUT2D eigenvalue weighted by molar-refractivity contribution is 0.174. The molecule has 1 aromatic heterocycles. The molecule has 3 aromatic rings. The molecule has 0 fully saturated rings. The number of halogens is 2. The Labute approximate surface area is 120 Å². The molecule has 5 heteroatoms. The van der Waals surface area contributed by atoms with E-state index in [1.165, 1.54) is 6.07 Å². The fraction of sp³-hybridized carbons (Fsp3) is 0.188. The predicted molar refractivity (Wildman–Crippen MR) is 75.7 cm³/mol. The van der Waals surface area contributed by atoms with E-state index in [0.29, 0.717) is 11.4 Å². The second kappa shape index (κ2) is 5.26. The number of benzene rings is 2. The number of aromatic nitrogens is 2. The van der Waals surface area contributed by atoms with Crippen molar-refractivity contribution >= 4 is 11.0 Å². The van der Waals surface area contributed by atoms with Crippen LogP contribution in [0.5, 0.6) is 0 Å². The summed E-state index contributed by atoms with van der Waals surface area (Å²) in [6.07, 6.45) is -0.702. The van der Waals surface area contributed by atoms with Crippen molar-refractivity contribution in [1.82, 2.24) is 9.55 Å². The van der Waals surface area contributed by atoms with Gasteiger partial charge in [-0.2, -0.15) is 0 Å². The third-order valence-corrected chi connectivity index (χ3v) is 3.58. The Morgan fingerprint density at radius 3 is 2.62 bits per heavy atom. The minimum absolute atomic E-state index is 0.232. The summed E-state index contributed by atoms with van der Waals surface area (Å²) >= 11 is 0. The van der Waals surface area contributed by atoms with Gasteiger partial charge in [0, 0.05) is 13.5 Å². The Hall–Kier alpha value is -2.27. The molecule has 0 radical (unpaired) electrons. The molecule has 0 saturated carbocycles. The van der Waals surface area contributed by atoms with Crippen molar-refractivity contribution in [3.63, 3.8) is 0 Å². The van der Waals surface area contributed by atoms with Gasteiger partial charge in [-0.15, -0.1) is 0 Å². The topological polar surface area (TPSA) is 38.0 Å². The van der Waals surface area contributed by atoms with Gasteiger partial charge in [0.25, 0.3) is 0 Å². The van der Waals surface area contributed by atoms with E-state index >= 15 is 0 Å². The van der Waals surface area contributed by atoms with Crippen molar-refractivity contribution in [2.24, 2.45) is 7.05 Å². The molecule has 3 nitrogen and oxygen atoms in total. The Morgan fingerprint density at radius 1 is 1.14 bits per heavy atom. The van der Waals surface area contributed by atoms with Crippen LogP contribution in [0.4, 0.5) is 8.78 Å². The summed E-state index contributed by atoms with van der Waals surface area (Å²) in [5.74, 6) is -1.20. The number of aliphatic hydroxyl groups excluding tert-OH is 1. The molecule has 1 atom stereocenters. The molecule has 21 heavy (non-hydrogen) atoms. The zero-order valence-corrected chi connectivity index (χ0v) is 11.4. The van der Waals surface area contributed by atoms with Crippen molar-refractivity contribution in [2.75, 3.05) is 0 Å². The summed E-state index contributed by atoms with van der Waals surface area (Å²) in [7, 11) is 1.86. The van der Waals surface area contributed by atoms with Gasteiger partial charge >= 0.3 is 0 Å². The summed E-state index contributed by atoms with van der Waals surface area (Å²) < 4.78 is 28.0. The lowest BCUT2D eigenvalue weighted by Crippen LogP contribution is -2.07. The Balaban J connectivity index is 1.90. The molecule has 2 aromatic carbocycles. The largest absolute Gasteiger partial charge is 0.388 e. The van der Waals surface area contributed by atoms with Crippen LogP contribution in [0.15, 0.2) is 42.5 Å². The molecule has 0 saturated heterocycles. The standard InChI is InChI=1S/C16H14F2N2O/c1-20-14-5-3-2-4-13(14)19-16(20)9-15(21)10-6-7-11(17)12(18)8-10/h2-8,15,21H,9H2,1H3. The quantitative estimate of drug-likeness (QED) is 0.804. The summed E-state index contributed by atoms with van der Waals surface area (Å²) in [5, 5.41) is 10.2. The number of hydrogen-bond donors (Lipinski definition) is 1. The normalized spacial score (nSPS) is 12.8. The maximum absolute atomic E-state index is 13.2. The third-order valence-electron chi connectivity index (χ3n) is 3.58. The van der Waals surface area contributed by atoms with Gasteiger partial charge in [0.2, 0.25) is 0 Å². The molecule has 3 rings (SSSR count). The van der Waals surface area contributed by atoms with Crippen LogP contribution in [0.1, 0.15) is 17.5 Å². The highest BCUT2D eigenvalue weighted by Crippen LogP contribution is 2.22. The van der Waals surface area contributed by atoms with E-state index in [2.05, 4.69) is 4.98 Å². The van der Waals surface area contributed by atoms with Crippen LogP contribution in [0.3, 0.4) is 0 Å². The zero-order chi connectivity index (χ0) is 15.0. The van der Waals surface area contributed by atoms with Crippen LogP contribution in [-0.4, -0.2) is 14.7 Å². The minimum Gasteiger partial charge on any atom is -0.388 e. The molecule has 0 amide bonds. The first-order valence-electron chi connectivity index (χ1n) is 6.59. The van der Waals surface area contributed by atoms with E-state index in [0.717, 1.165) is 23.2 Å². The number of para-hydroxylation sites is 2. The van der Waals surface area contributed by atoms with Crippen LogP contribution >= 0.6 is 0 Å². The van der Waals surface area contributed by atoms with Gasteiger partial charge in [-0.1, -0.05) is 18.2 Å². The molecular formula is C16H14F2N2O. The summed E-state index contributed by atoms with van der Waals surface area (Å²) in [6, 6.07) is 11.1. The van der Waals surface area contributed by atoms with Crippen LogP contribution in [0.2, 0.25) is 0 Å². The van der Waals surface area contributed by atoms with Gasteiger partial charge in [0.1, 0.15) is 5.82 Å². The first-order chi connectivity index (χ1) is 10.1. The van der Waals surface area contributed by atoms with Crippen LogP contribution in [-0.2, 0) is 13.5 Å². The predicted octanol–water partition coefficient (Wildman–Crippen LogP) is 3.13. The number of aliphatic hydroxyl groups is 1. The molecular weight excluding hydrogens is 274 g/mol. The SMILES string of the molecule is Cn1c(CC(O)c2ccc(F)c(F)c2)nc2ccccc21. The average molecular weight is 288 g/mol. The maximum atomic E-state index is 13.2. The monoisotopic (exact) mass is 288 g/mol. The van der Waals surface area contributed by atoms with Crippen molar-refractivity contribution in [1.29, 1.82) is 0 Å². The van der Waals surface area contributed by atoms with E-state index in [9.17, 15) is 13.9 Å². The Morgan fingerprint density at radius 2 is 1.90 bits per heavy atom. The third kappa shape index (κ3) is 2.52. The number of imidazole rings is 1.